The van der Waals surface area contributed by atoms with E-state index in [1.165, 1.54) is 18.2 Å². The number of phenols is 1. The third kappa shape index (κ3) is 3.30. The number of hydrogen-bond acceptors (Lipinski definition) is 3. The molecule has 1 atom stereocenters. The summed E-state index contributed by atoms with van der Waals surface area (Å²) in [5.41, 5.74) is 0.0938. The first-order valence-electron chi connectivity index (χ1n) is 7.02. The van der Waals surface area contributed by atoms with Crippen LogP contribution in [0.3, 0.4) is 0 Å². The van der Waals surface area contributed by atoms with E-state index in [0.29, 0.717) is 5.56 Å². The summed E-state index contributed by atoms with van der Waals surface area (Å²) in [5.74, 6) is -0.183. The highest BCUT2D eigenvalue weighted by Crippen LogP contribution is 2.36. The van der Waals surface area contributed by atoms with Crippen LogP contribution in [-0.2, 0) is 4.74 Å². The molecule has 1 saturated heterocycles. The minimum absolute atomic E-state index is 0.0619. The second kappa shape index (κ2) is 5.01. The van der Waals surface area contributed by atoms with Crippen molar-refractivity contribution in [1.82, 2.24) is 4.90 Å². The predicted octanol–water partition coefficient (Wildman–Crippen LogP) is 3.48. The Hall–Kier alpha value is -1.13. The molecule has 1 aliphatic heterocycles. The Kier molecular flexibility index (Phi) is 3.82. The fraction of sp³-hybridized carbons (Fsp3) is 0.625. The van der Waals surface area contributed by atoms with Crippen molar-refractivity contribution in [2.24, 2.45) is 0 Å². The summed E-state index contributed by atoms with van der Waals surface area (Å²) in [6.45, 7) is 11.7. The zero-order valence-corrected chi connectivity index (χ0v) is 12.9. The number of hydrogen-bond donors (Lipinski definition) is 1. The molecule has 0 spiro atoms. The van der Waals surface area contributed by atoms with Gasteiger partial charge in [0.2, 0.25) is 0 Å². The number of ether oxygens (including phenoxy) is 1. The van der Waals surface area contributed by atoms with Gasteiger partial charge in [0, 0.05) is 24.7 Å². The standard InChI is InChI=1S/C16H24FNO2/c1-11(13-8-12(17)6-7-14(13)19)18-9-15(2,3)20-16(4,5)10-18/h6-8,11,19H,9-10H2,1-5H3. The quantitative estimate of drug-likeness (QED) is 0.901. The van der Waals surface area contributed by atoms with Crippen molar-refractivity contribution >= 4 is 0 Å². The molecule has 0 aliphatic carbocycles. The maximum Gasteiger partial charge on any atom is 0.123 e. The van der Waals surface area contributed by atoms with Gasteiger partial charge in [-0.1, -0.05) is 0 Å². The number of nitrogens with zero attached hydrogens (tertiary/aromatic N) is 1. The second-order valence-corrected chi connectivity index (χ2v) is 6.91. The molecular weight excluding hydrogens is 257 g/mol. The highest BCUT2D eigenvalue weighted by atomic mass is 19.1. The van der Waals surface area contributed by atoms with Crippen molar-refractivity contribution in [3.63, 3.8) is 0 Å². The van der Waals surface area contributed by atoms with Crippen molar-refractivity contribution in [2.45, 2.75) is 51.9 Å². The normalized spacial score (nSPS) is 23.5. The van der Waals surface area contributed by atoms with Crippen LogP contribution in [0.1, 0.15) is 46.2 Å². The molecule has 0 bridgehead atoms. The molecular formula is C16H24FNO2. The van der Waals surface area contributed by atoms with Crippen molar-refractivity contribution in [3.8, 4) is 5.75 Å². The minimum atomic E-state index is -0.323. The Morgan fingerprint density at radius 2 is 1.75 bits per heavy atom. The average Bonchev–Trinajstić information content (AvgIpc) is 2.27. The van der Waals surface area contributed by atoms with Crippen molar-refractivity contribution in [2.75, 3.05) is 13.1 Å². The lowest BCUT2D eigenvalue weighted by molar-refractivity contribution is -0.187. The molecule has 1 N–H and O–H groups in total. The number of halogens is 1. The molecule has 4 heteroatoms. The molecule has 0 amide bonds. The number of morpholine rings is 1. The van der Waals surface area contributed by atoms with E-state index >= 15 is 0 Å². The van der Waals surface area contributed by atoms with Crippen LogP contribution in [0.2, 0.25) is 0 Å². The summed E-state index contributed by atoms with van der Waals surface area (Å²) < 4.78 is 19.5. The number of rotatable bonds is 2. The predicted molar refractivity (Wildman–Crippen MR) is 77.3 cm³/mol. The molecule has 1 fully saturated rings. The van der Waals surface area contributed by atoms with E-state index < -0.39 is 0 Å². The van der Waals surface area contributed by atoms with E-state index in [1.54, 1.807) is 0 Å². The molecule has 0 saturated carbocycles. The lowest BCUT2D eigenvalue weighted by Crippen LogP contribution is -2.57. The Labute approximate surface area is 120 Å². The van der Waals surface area contributed by atoms with Crippen LogP contribution in [-0.4, -0.2) is 34.3 Å². The van der Waals surface area contributed by atoms with Gasteiger partial charge in [0.25, 0.3) is 0 Å². The van der Waals surface area contributed by atoms with Crippen LogP contribution in [0.25, 0.3) is 0 Å². The van der Waals surface area contributed by atoms with Crippen LogP contribution in [0.15, 0.2) is 18.2 Å². The molecule has 20 heavy (non-hydrogen) atoms. The summed E-state index contributed by atoms with van der Waals surface area (Å²) in [7, 11) is 0. The van der Waals surface area contributed by atoms with Gasteiger partial charge in [-0.3, -0.25) is 4.90 Å². The van der Waals surface area contributed by atoms with E-state index in [2.05, 4.69) is 32.6 Å². The maximum atomic E-state index is 13.4. The van der Waals surface area contributed by atoms with Crippen LogP contribution in [0.5, 0.6) is 5.75 Å². The summed E-state index contributed by atoms with van der Waals surface area (Å²) in [4.78, 5) is 2.23. The monoisotopic (exact) mass is 281 g/mol. The Morgan fingerprint density at radius 1 is 1.20 bits per heavy atom. The first kappa shape index (κ1) is 15.3. The van der Waals surface area contributed by atoms with E-state index in [-0.39, 0.29) is 28.8 Å². The van der Waals surface area contributed by atoms with E-state index in [9.17, 15) is 9.50 Å². The molecule has 0 radical (unpaired) electrons. The number of benzene rings is 1. The van der Waals surface area contributed by atoms with Crippen LogP contribution in [0.4, 0.5) is 4.39 Å². The van der Waals surface area contributed by atoms with Gasteiger partial charge in [-0.15, -0.1) is 0 Å². The van der Waals surface area contributed by atoms with Gasteiger partial charge < -0.3 is 9.84 Å². The van der Waals surface area contributed by atoms with Crippen molar-refractivity contribution in [1.29, 1.82) is 0 Å². The summed E-state index contributed by atoms with van der Waals surface area (Å²) in [6.07, 6.45) is 0. The minimum Gasteiger partial charge on any atom is -0.508 e. The molecule has 1 aromatic carbocycles. The van der Waals surface area contributed by atoms with Gasteiger partial charge in [0.05, 0.1) is 11.2 Å². The topological polar surface area (TPSA) is 32.7 Å². The van der Waals surface area contributed by atoms with E-state index in [1.807, 2.05) is 6.92 Å². The SMILES string of the molecule is CC(c1cc(F)ccc1O)N1CC(C)(C)OC(C)(C)C1. The molecule has 1 heterocycles. The van der Waals surface area contributed by atoms with Gasteiger partial charge in [0.1, 0.15) is 11.6 Å². The van der Waals surface area contributed by atoms with Crippen LogP contribution >= 0.6 is 0 Å². The molecule has 1 aliphatic rings. The van der Waals surface area contributed by atoms with Gasteiger partial charge in [-0.05, 0) is 52.8 Å². The summed E-state index contributed by atoms with van der Waals surface area (Å²) in [6, 6.07) is 4.04. The molecule has 0 aromatic heterocycles. The first-order valence-corrected chi connectivity index (χ1v) is 7.02. The Bertz CT molecular complexity index is 483. The number of phenolic OH excluding ortho intramolecular Hbond substituents is 1. The van der Waals surface area contributed by atoms with Gasteiger partial charge in [0.15, 0.2) is 0 Å². The van der Waals surface area contributed by atoms with Gasteiger partial charge in [-0.2, -0.15) is 0 Å². The van der Waals surface area contributed by atoms with Crippen LogP contribution < -0.4 is 0 Å². The maximum absolute atomic E-state index is 13.4. The third-order valence-electron chi connectivity index (χ3n) is 3.71. The van der Waals surface area contributed by atoms with E-state index in [4.69, 9.17) is 4.74 Å². The highest BCUT2D eigenvalue weighted by Gasteiger charge is 2.40. The molecule has 112 valence electrons. The van der Waals surface area contributed by atoms with Crippen molar-refractivity contribution < 1.29 is 14.2 Å². The van der Waals surface area contributed by atoms with E-state index in [0.717, 1.165) is 13.1 Å². The highest BCUT2D eigenvalue weighted by molar-refractivity contribution is 5.35. The summed E-state index contributed by atoms with van der Waals surface area (Å²) in [5, 5.41) is 9.97. The fourth-order valence-electron chi connectivity index (χ4n) is 3.18. The Morgan fingerprint density at radius 3 is 2.30 bits per heavy atom. The molecule has 3 nitrogen and oxygen atoms in total. The zero-order chi connectivity index (χ0) is 15.1. The lowest BCUT2D eigenvalue weighted by atomic mass is 9.95. The molecule has 2 rings (SSSR count). The fourth-order valence-corrected chi connectivity index (χ4v) is 3.18. The van der Waals surface area contributed by atoms with Gasteiger partial charge >= 0.3 is 0 Å². The zero-order valence-electron chi connectivity index (χ0n) is 12.9. The first-order chi connectivity index (χ1) is 9.10. The van der Waals surface area contributed by atoms with Gasteiger partial charge in [-0.25, -0.2) is 4.39 Å². The Balaban J connectivity index is 2.28. The molecule has 1 aromatic rings. The number of aromatic hydroxyl groups is 1. The van der Waals surface area contributed by atoms with Crippen LogP contribution in [0, 0.1) is 5.82 Å². The lowest BCUT2D eigenvalue weighted by Gasteiger charge is -2.49. The third-order valence-corrected chi connectivity index (χ3v) is 3.71. The second-order valence-electron chi connectivity index (χ2n) is 6.91. The average molecular weight is 281 g/mol. The molecule has 1 unspecified atom stereocenters. The summed E-state index contributed by atoms with van der Waals surface area (Å²) >= 11 is 0. The smallest absolute Gasteiger partial charge is 0.123 e. The van der Waals surface area contributed by atoms with Crippen molar-refractivity contribution in [3.05, 3.63) is 29.6 Å². The largest absolute Gasteiger partial charge is 0.508 e.